The number of aryl methyl sites for hydroxylation is 1. The fraction of sp³-hybridized carbons (Fsp3) is 0.250. The molecule has 0 amide bonds. The third-order valence-electron chi connectivity index (χ3n) is 1.79. The molecule has 0 fully saturated rings. The number of hydrogen-bond donors (Lipinski definition) is 1. The Morgan fingerprint density at radius 3 is 3.00 bits per heavy atom. The van der Waals surface area contributed by atoms with E-state index in [0.717, 1.165) is 5.69 Å². The Balaban J connectivity index is 2.43. The van der Waals surface area contributed by atoms with Gasteiger partial charge in [-0.25, -0.2) is 4.98 Å². The molecule has 68 valence electrons. The van der Waals surface area contributed by atoms with E-state index in [2.05, 4.69) is 10.1 Å². The fourth-order valence-electron chi connectivity index (χ4n) is 1.11. The molecule has 0 aliphatic heterocycles. The molecule has 2 aromatic heterocycles. The van der Waals surface area contributed by atoms with Gasteiger partial charge in [0.15, 0.2) is 0 Å². The van der Waals surface area contributed by atoms with E-state index in [0.29, 0.717) is 11.6 Å². The van der Waals surface area contributed by atoms with Crippen molar-refractivity contribution in [2.75, 3.05) is 0 Å². The van der Waals surface area contributed by atoms with Crippen molar-refractivity contribution >= 4 is 0 Å². The van der Waals surface area contributed by atoms with E-state index in [-0.39, 0.29) is 6.61 Å². The molecule has 1 N–H and O–H groups in total. The van der Waals surface area contributed by atoms with Crippen LogP contribution >= 0.6 is 0 Å². The number of aliphatic hydroxyl groups is 1. The minimum atomic E-state index is -0.0375. The second-order valence-corrected chi connectivity index (χ2v) is 2.64. The maximum absolute atomic E-state index is 8.92. The molecule has 5 nitrogen and oxygen atoms in total. The molecule has 2 aromatic rings. The topological polar surface area (TPSA) is 64.1 Å². The van der Waals surface area contributed by atoms with Gasteiger partial charge in [0.05, 0.1) is 18.5 Å². The van der Waals surface area contributed by atoms with Crippen LogP contribution in [0.3, 0.4) is 0 Å². The summed E-state index contributed by atoms with van der Waals surface area (Å²) in [6.45, 7) is -0.0375. The van der Waals surface area contributed by atoms with Crippen molar-refractivity contribution in [3.05, 3.63) is 24.2 Å². The van der Waals surface area contributed by atoms with E-state index in [4.69, 9.17) is 9.52 Å². The fourth-order valence-corrected chi connectivity index (χ4v) is 1.11. The lowest BCUT2D eigenvalue weighted by Crippen LogP contribution is -1.96. The smallest absolute Gasteiger partial charge is 0.246 e. The van der Waals surface area contributed by atoms with Gasteiger partial charge in [-0.1, -0.05) is 0 Å². The Morgan fingerprint density at radius 2 is 2.46 bits per heavy atom. The van der Waals surface area contributed by atoms with Crippen LogP contribution in [0.1, 0.15) is 5.69 Å². The summed E-state index contributed by atoms with van der Waals surface area (Å²) in [5.74, 6) is 0.468. The molecular weight excluding hydrogens is 170 g/mol. The summed E-state index contributed by atoms with van der Waals surface area (Å²) in [6.07, 6.45) is 3.05. The molecule has 0 aliphatic carbocycles. The largest absolute Gasteiger partial charge is 0.443 e. The third-order valence-corrected chi connectivity index (χ3v) is 1.79. The van der Waals surface area contributed by atoms with E-state index >= 15 is 0 Å². The van der Waals surface area contributed by atoms with Crippen molar-refractivity contribution in [1.82, 2.24) is 14.8 Å². The Kier molecular flexibility index (Phi) is 1.86. The van der Waals surface area contributed by atoms with E-state index < -0.39 is 0 Å². The van der Waals surface area contributed by atoms with Gasteiger partial charge in [-0.05, 0) is 6.07 Å². The molecular formula is C8H9N3O2. The lowest BCUT2D eigenvalue weighted by atomic mass is 10.3. The standard InChI is InChI=1S/C8H9N3O2/c1-11-6(5-12)4-7(10-11)8-9-2-3-13-8/h2-4,12H,5H2,1H3. The minimum Gasteiger partial charge on any atom is -0.443 e. The molecule has 2 rings (SSSR count). The van der Waals surface area contributed by atoms with Crippen molar-refractivity contribution in [1.29, 1.82) is 0 Å². The van der Waals surface area contributed by atoms with Crippen molar-refractivity contribution < 1.29 is 9.52 Å². The summed E-state index contributed by atoms with van der Waals surface area (Å²) in [6, 6.07) is 1.74. The summed E-state index contributed by atoms with van der Waals surface area (Å²) in [7, 11) is 1.76. The summed E-state index contributed by atoms with van der Waals surface area (Å²) >= 11 is 0. The summed E-state index contributed by atoms with van der Waals surface area (Å²) < 4.78 is 6.66. The van der Waals surface area contributed by atoms with Gasteiger partial charge < -0.3 is 9.52 Å². The van der Waals surface area contributed by atoms with Crippen LogP contribution in [0.2, 0.25) is 0 Å². The lowest BCUT2D eigenvalue weighted by Gasteiger charge is -1.92. The molecule has 0 atom stereocenters. The van der Waals surface area contributed by atoms with E-state index in [1.807, 2.05) is 0 Å². The Morgan fingerprint density at radius 1 is 1.62 bits per heavy atom. The number of rotatable bonds is 2. The van der Waals surface area contributed by atoms with Gasteiger partial charge in [0.2, 0.25) is 5.89 Å². The van der Waals surface area contributed by atoms with Crippen molar-refractivity contribution in [3.63, 3.8) is 0 Å². The molecule has 0 radical (unpaired) electrons. The van der Waals surface area contributed by atoms with Crippen LogP contribution in [-0.4, -0.2) is 19.9 Å². The molecule has 0 aromatic carbocycles. The average molecular weight is 179 g/mol. The molecule has 0 spiro atoms. The summed E-state index contributed by atoms with van der Waals surface area (Å²) in [5, 5.41) is 13.0. The minimum absolute atomic E-state index is 0.0375. The monoisotopic (exact) mass is 179 g/mol. The number of aliphatic hydroxyl groups excluding tert-OH is 1. The van der Waals surface area contributed by atoms with E-state index in [9.17, 15) is 0 Å². The number of nitrogens with zero attached hydrogens (tertiary/aromatic N) is 3. The molecule has 0 saturated carbocycles. The molecule has 0 unspecified atom stereocenters. The molecule has 0 bridgehead atoms. The highest BCUT2D eigenvalue weighted by atomic mass is 16.3. The first-order chi connectivity index (χ1) is 6.31. The zero-order chi connectivity index (χ0) is 9.26. The first kappa shape index (κ1) is 8.00. The van der Waals surface area contributed by atoms with Crippen molar-refractivity contribution in [2.45, 2.75) is 6.61 Å². The van der Waals surface area contributed by atoms with Crippen LogP contribution in [-0.2, 0) is 13.7 Å². The van der Waals surface area contributed by atoms with Gasteiger partial charge in [0.25, 0.3) is 0 Å². The highest BCUT2D eigenvalue weighted by Crippen LogP contribution is 2.15. The first-order valence-electron chi connectivity index (χ1n) is 3.85. The van der Waals surface area contributed by atoms with Gasteiger partial charge in [-0.2, -0.15) is 5.10 Å². The maximum atomic E-state index is 8.92. The van der Waals surface area contributed by atoms with Gasteiger partial charge in [0.1, 0.15) is 12.0 Å². The average Bonchev–Trinajstić information content (AvgIpc) is 2.71. The van der Waals surface area contributed by atoms with E-state index in [1.165, 1.54) is 6.26 Å². The van der Waals surface area contributed by atoms with Crippen LogP contribution in [0.15, 0.2) is 22.9 Å². The predicted octanol–water partition coefficient (Wildman–Crippen LogP) is 0.567. The second kappa shape index (κ2) is 3.02. The zero-order valence-corrected chi connectivity index (χ0v) is 7.14. The van der Waals surface area contributed by atoms with Crippen LogP contribution in [0.5, 0.6) is 0 Å². The normalized spacial score (nSPS) is 10.6. The van der Waals surface area contributed by atoms with Crippen LogP contribution < -0.4 is 0 Å². The molecule has 13 heavy (non-hydrogen) atoms. The quantitative estimate of drug-likeness (QED) is 0.731. The number of oxazole rings is 1. The van der Waals surface area contributed by atoms with Crippen LogP contribution in [0, 0.1) is 0 Å². The van der Waals surface area contributed by atoms with Crippen molar-refractivity contribution in [2.24, 2.45) is 7.05 Å². The summed E-state index contributed by atoms with van der Waals surface area (Å²) in [4.78, 5) is 3.95. The lowest BCUT2D eigenvalue weighted by molar-refractivity contribution is 0.270. The first-order valence-corrected chi connectivity index (χ1v) is 3.85. The number of hydrogen-bond acceptors (Lipinski definition) is 4. The van der Waals surface area contributed by atoms with E-state index in [1.54, 1.807) is 24.0 Å². The Labute approximate surface area is 74.6 Å². The van der Waals surface area contributed by atoms with Gasteiger partial charge >= 0.3 is 0 Å². The molecule has 0 aliphatic rings. The molecule has 0 saturated heterocycles. The highest BCUT2D eigenvalue weighted by molar-refractivity contribution is 5.46. The maximum Gasteiger partial charge on any atom is 0.246 e. The predicted molar refractivity (Wildman–Crippen MR) is 44.6 cm³/mol. The van der Waals surface area contributed by atoms with Gasteiger partial charge in [-0.15, -0.1) is 0 Å². The molecule has 2 heterocycles. The third kappa shape index (κ3) is 1.33. The van der Waals surface area contributed by atoms with Gasteiger partial charge in [0, 0.05) is 7.05 Å². The van der Waals surface area contributed by atoms with Crippen LogP contribution in [0.4, 0.5) is 0 Å². The number of aromatic nitrogens is 3. The Bertz CT molecular complexity index is 391. The molecule has 5 heteroatoms. The van der Waals surface area contributed by atoms with Crippen LogP contribution in [0.25, 0.3) is 11.6 Å². The second-order valence-electron chi connectivity index (χ2n) is 2.64. The highest BCUT2D eigenvalue weighted by Gasteiger charge is 2.09. The van der Waals surface area contributed by atoms with Crippen molar-refractivity contribution in [3.8, 4) is 11.6 Å². The SMILES string of the molecule is Cn1nc(-c2ncco2)cc1CO. The Hall–Kier alpha value is -1.62. The van der Waals surface area contributed by atoms with Gasteiger partial charge in [-0.3, -0.25) is 4.68 Å². The zero-order valence-electron chi connectivity index (χ0n) is 7.14. The summed E-state index contributed by atoms with van der Waals surface area (Å²) in [5.41, 5.74) is 1.37.